The average Bonchev–Trinajstić information content (AvgIpc) is 3.62. The van der Waals surface area contributed by atoms with Gasteiger partial charge in [0.05, 0.1) is 26.2 Å². The van der Waals surface area contributed by atoms with E-state index in [0.29, 0.717) is 49.7 Å². The first-order valence-electron chi connectivity index (χ1n) is 15.2. The molecule has 1 aliphatic rings. The summed E-state index contributed by atoms with van der Waals surface area (Å²) in [7, 11) is 1.25. The Kier molecular flexibility index (Phi) is 11.8. The molecule has 3 aromatic rings. The number of rotatable bonds is 15. The van der Waals surface area contributed by atoms with Gasteiger partial charge in [-0.2, -0.15) is 4.31 Å². The summed E-state index contributed by atoms with van der Waals surface area (Å²) in [6.07, 6.45) is 2.91. The first-order chi connectivity index (χ1) is 21.7. The summed E-state index contributed by atoms with van der Waals surface area (Å²) in [6.45, 7) is 3.45. The highest BCUT2D eigenvalue weighted by Crippen LogP contribution is 2.27. The third-order valence-electron chi connectivity index (χ3n) is 8.09. The van der Waals surface area contributed by atoms with E-state index in [9.17, 15) is 18.0 Å². The Balaban J connectivity index is 1.40. The van der Waals surface area contributed by atoms with E-state index >= 15 is 0 Å². The van der Waals surface area contributed by atoms with E-state index < -0.39 is 16.1 Å². The molecule has 1 N–H and O–H groups in total. The normalized spacial score (nSPS) is 14.0. The van der Waals surface area contributed by atoms with Crippen molar-refractivity contribution in [1.29, 1.82) is 0 Å². The Hall–Kier alpha value is -4.09. The van der Waals surface area contributed by atoms with Crippen LogP contribution in [0.25, 0.3) is 0 Å². The molecule has 0 unspecified atom stereocenters. The first-order valence-corrected chi connectivity index (χ1v) is 16.6. The molecule has 0 bridgehead atoms. The maximum atomic E-state index is 13.6. The average molecular weight is 638 g/mol. The molecule has 0 saturated carbocycles. The molecule has 1 atom stereocenters. The van der Waals surface area contributed by atoms with Crippen molar-refractivity contribution in [2.45, 2.75) is 56.5 Å². The van der Waals surface area contributed by atoms with Gasteiger partial charge in [0, 0.05) is 32.6 Å². The number of ether oxygens (including phenoxy) is 3. The van der Waals surface area contributed by atoms with Crippen molar-refractivity contribution in [2.24, 2.45) is 0 Å². The number of amides is 2. The van der Waals surface area contributed by atoms with Crippen LogP contribution in [0.3, 0.4) is 0 Å². The molecular formula is C34H43N3O7S. The number of nitrogens with zero attached hydrogens (tertiary/aromatic N) is 2. The third kappa shape index (κ3) is 8.76. The predicted molar refractivity (Wildman–Crippen MR) is 172 cm³/mol. The standard InChI is InChI=1S/C34H43N3O7S/c1-25(34(39)35-20-19-27-11-17-31(43-3)32(23-27)44-4)37(24-28-7-13-29(42-2)14-8-28)33(38)18-12-26-9-15-30(16-10-26)45(40,41)36-21-5-6-22-36/h7-11,13-17,23,25H,5-6,12,18-22,24H2,1-4H3,(H,35,39)/t25-/m0/s1. The number of carbonyl (C=O) groups excluding carboxylic acids is 2. The van der Waals surface area contributed by atoms with Crippen molar-refractivity contribution >= 4 is 21.8 Å². The molecule has 0 aromatic heterocycles. The zero-order valence-corrected chi connectivity index (χ0v) is 27.3. The lowest BCUT2D eigenvalue weighted by molar-refractivity contribution is -0.140. The van der Waals surface area contributed by atoms with Crippen LogP contribution in [0, 0.1) is 0 Å². The molecule has 2 amide bonds. The van der Waals surface area contributed by atoms with Crippen LogP contribution < -0.4 is 19.5 Å². The summed E-state index contributed by atoms with van der Waals surface area (Å²) < 4.78 is 43.2. The Labute approximate surface area is 266 Å². The minimum Gasteiger partial charge on any atom is -0.497 e. The van der Waals surface area contributed by atoms with Gasteiger partial charge < -0.3 is 24.4 Å². The molecule has 0 aliphatic carbocycles. The van der Waals surface area contributed by atoms with Crippen LogP contribution in [0.1, 0.15) is 42.9 Å². The Morgan fingerprint density at radius 2 is 1.44 bits per heavy atom. The van der Waals surface area contributed by atoms with Gasteiger partial charge in [0.15, 0.2) is 11.5 Å². The third-order valence-corrected chi connectivity index (χ3v) is 10.0. The highest BCUT2D eigenvalue weighted by molar-refractivity contribution is 7.89. The summed E-state index contributed by atoms with van der Waals surface area (Å²) in [5, 5.41) is 2.97. The number of benzene rings is 3. The van der Waals surface area contributed by atoms with Crippen molar-refractivity contribution < 1.29 is 32.2 Å². The van der Waals surface area contributed by atoms with E-state index in [0.717, 1.165) is 29.5 Å². The predicted octanol–water partition coefficient (Wildman–Crippen LogP) is 4.21. The van der Waals surface area contributed by atoms with Crippen LogP contribution >= 0.6 is 0 Å². The number of sulfonamides is 1. The topological polar surface area (TPSA) is 114 Å². The molecule has 0 spiro atoms. The fourth-order valence-corrected chi connectivity index (χ4v) is 6.84. The van der Waals surface area contributed by atoms with E-state index in [1.807, 2.05) is 42.5 Å². The van der Waals surface area contributed by atoms with Gasteiger partial charge in [-0.3, -0.25) is 9.59 Å². The Morgan fingerprint density at radius 3 is 2.07 bits per heavy atom. The van der Waals surface area contributed by atoms with Gasteiger partial charge in [0.1, 0.15) is 11.8 Å². The molecule has 11 heteroatoms. The summed E-state index contributed by atoms with van der Waals surface area (Å²) in [5.74, 6) is 1.52. The number of aryl methyl sites for hydroxylation is 1. The molecule has 10 nitrogen and oxygen atoms in total. The molecule has 1 aliphatic heterocycles. The lowest BCUT2D eigenvalue weighted by Gasteiger charge is -2.29. The van der Waals surface area contributed by atoms with Gasteiger partial charge in [0.25, 0.3) is 0 Å². The first kappa shape index (κ1) is 33.8. The smallest absolute Gasteiger partial charge is 0.243 e. The van der Waals surface area contributed by atoms with Gasteiger partial charge in [-0.15, -0.1) is 0 Å². The summed E-state index contributed by atoms with van der Waals surface area (Å²) >= 11 is 0. The minimum absolute atomic E-state index is 0.164. The second-order valence-electron chi connectivity index (χ2n) is 11.0. The summed E-state index contributed by atoms with van der Waals surface area (Å²) in [6, 6.07) is 19.0. The highest BCUT2D eigenvalue weighted by atomic mass is 32.2. The monoisotopic (exact) mass is 637 g/mol. The second kappa shape index (κ2) is 15.8. The zero-order chi connectivity index (χ0) is 32.4. The van der Waals surface area contributed by atoms with Gasteiger partial charge >= 0.3 is 0 Å². The lowest BCUT2D eigenvalue weighted by atomic mass is 10.1. The van der Waals surface area contributed by atoms with Gasteiger partial charge in [-0.1, -0.05) is 30.3 Å². The maximum absolute atomic E-state index is 13.6. The van der Waals surface area contributed by atoms with Crippen molar-refractivity contribution in [2.75, 3.05) is 41.0 Å². The highest BCUT2D eigenvalue weighted by Gasteiger charge is 2.28. The summed E-state index contributed by atoms with van der Waals surface area (Å²) in [4.78, 5) is 28.7. The van der Waals surface area contributed by atoms with E-state index in [-0.39, 0.29) is 29.7 Å². The minimum atomic E-state index is -3.50. The number of methoxy groups -OCH3 is 3. The van der Waals surface area contributed by atoms with Crippen molar-refractivity contribution in [3.8, 4) is 17.2 Å². The van der Waals surface area contributed by atoms with Crippen molar-refractivity contribution in [1.82, 2.24) is 14.5 Å². The number of hydrogen-bond acceptors (Lipinski definition) is 7. The molecule has 4 rings (SSSR count). The van der Waals surface area contributed by atoms with Gasteiger partial charge in [-0.05, 0) is 85.7 Å². The molecule has 0 radical (unpaired) electrons. The van der Waals surface area contributed by atoms with Crippen LogP contribution in [0.15, 0.2) is 71.6 Å². The Morgan fingerprint density at radius 1 is 0.822 bits per heavy atom. The van der Waals surface area contributed by atoms with E-state index in [4.69, 9.17) is 14.2 Å². The van der Waals surface area contributed by atoms with Crippen LogP contribution in [0.2, 0.25) is 0 Å². The van der Waals surface area contributed by atoms with Gasteiger partial charge in [-0.25, -0.2) is 8.42 Å². The molecule has 242 valence electrons. The van der Waals surface area contributed by atoms with Crippen LogP contribution in [-0.4, -0.2) is 76.4 Å². The number of hydrogen-bond donors (Lipinski definition) is 1. The molecule has 1 heterocycles. The lowest BCUT2D eigenvalue weighted by Crippen LogP contribution is -2.48. The van der Waals surface area contributed by atoms with E-state index in [2.05, 4.69) is 5.32 Å². The maximum Gasteiger partial charge on any atom is 0.243 e. The van der Waals surface area contributed by atoms with Crippen molar-refractivity contribution in [3.05, 3.63) is 83.4 Å². The zero-order valence-electron chi connectivity index (χ0n) is 26.5. The van der Waals surface area contributed by atoms with Crippen LogP contribution in [0.4, 0.5) is 0 Å². The molecule has 1 saturated heterocycles. The fourth-order valence-electron chi connectivity index (χ4n) is 5.32. The molecule has 1 fully saturated rings. The number of carbonyl (C=O) groups is 2. The quantitative estimate of drug-likeness (QED) is 0.266. The van der Waals surface area contributed by atoms with Crippen molar-refractivity contribution in [3.63, 3.8) is 0 Å². The largest absolute Gasteiger partial charge is 0.497 e. The van der Waals surface area contributed by atoms with Gasteiger partial charge in [0.2, 0.25) is 21.8 Å². The van der Waals surface area contributed by atoms with Crippen LogP contribution in [-0.2, 0) is 39.0 Å². The second-order valence-corrected chi connectivity index (χ2v) is 13.0. The molecule has 45 heavy (non-hydrogen) atoms. The molecule has 3 aromatic carbocycles. The molecular weight excluding hydrogens is 594 g/mol. The Bertz CT molecular complexity index is 1540. The van der Waals surface area contributed by atoms with Crippen LogP contribution in [0.5, 0.6) is 17.2 Å². The fraction of sp³-hybridized carbons (Fsp3) is 0.412. The number of nitrogens with one attached hydrogen (secondary N) is 1. The SMILES string of the molecule is COc1ccc(CN(C(=O)CCc2ccc(S(=O)(=O)N3CCCC3)cc2)[C@@H](C)C(=O)NCCc2ccc(OC)c(OC)c2)cc1. The van der Waals surface area contributed by atoms with E-state index in [1.54, 1.807) is 57.4 Å². The summed E-state index contributed by atoms with van der Waals surface area (Å²) in [5.41, 5.74) is 2.69. The van der Waals surface area contributed by atoms with E-state index in [1.165, 1.54) is 4.31 Å².